The van der Waals surface area contributed by atoms with Gasteiger partial charge in [-0.1, -0.05) is 145 Å². The number of rotatable bonds is 10. The third kappa shape index (κ3) is 6.30. The van der Waals surface area contributed by atoms with Gasteiger partial charge in [0.2, 0.25) is 0 Å². The summed E-state index contributed by atoms with van der Waals surface area (Å²) in [6, 6.07) is 42.0. The van der Waals surface area contributed by atoms with Crippen LogP contribution in [0, 0.1) is 0 Å². The van der Waals surface area contributed by atoms with Gasteiger partial charge in [-0.2, -0.15) is 0 Å². The Morgan fingerprint density at radius 2 is 0.940 bits per heavy atom. The molecule has 0 saturated carbocycles. The minimum absolute atomic E-state index is 0.00481. The summed E-state index contributed by atoms with van der Waals surface area (Å²) in [4.78, 5) is 12.8. The molecule has 0 spiro atoms. The molecule has 0 unspecified atom stereocenters. The van der Waals surface area contributed by atoms with Gasteiger partial charge in [0.05, 0.1) is 17.2 Å². The smallest absolute Gasteiger partial charge is 0.346 e. The molecule has 10 heteroatoms. The number of esters is 1. The number of hydrogen-bond donors (Lipinski definition) is 1. The monoisotopic (exact) mass is 740 g/mol. The summed E-state index contributed by atoms with van der Waals surface area (Å²) in [5.74, 6) is -1.19. The lowest BCUT2D eigenvalue weighted by atomic mass is 10.0. The van der Waals surface area contributed by atoms with Gasteiger partial charge in [-0.25, -0.2) is 4.79 Å². The summed E-state index contributed by atoms with van der Waals surface area (Å²) in [6.45, 7) is 1.49. The fourth-order valence-electron chi connectivity index (χ4n) is 6.03. The summed E-state index contributed by atoms with van der Waals surface area (Å²) < 4.78 is 43.3. The van der Waals surface area contributed by atoms with E-state index in [1.807, 2.05) is 24.3 Å². The lowest BCUT2D eigenvalue weighted by molar-refractivity contribution is -0.147. The Hall–Kier alpha value is -4.57. The van der Waals surface area contributed by atoms with Crippen LogP contribution in [0.5, 0.6) is 11.5 Å². The van der Waals surface area contributed by atoms with Gasteiger partial charge in [0, 0.05) is 43.0 Å². The highest BCUT2D eigenvalue weighted by atomic mass is 35.5. The van der Waals surface area contributed by atoms with Crippen molar-refractivity contribution in [1.29, 1.82) is 0 Å². The molecule has 0 heterocycles. The van der Waals surface area contributed by atoms with Crippen molar-refractivity contribution >= 4 is 75.3 Å². The molecule has 0 bridgehead atoms. The molecule has 6 nitrogen and oxygen atoms in total. The van der Waals surface area contributed by atoms with E-state index in [-0.39, 0.29) is 37.5 Å². The zero-order valence-electron chi connectivity index (χ0n) is 27.1. The van der Waals surface area contributed by atoms with Crippen LogP contribution in [-0.2, 0) is 18.7 Å². The SMILES string of the molecule is COC(=O)[C@H](C)Oc1c(Cl)ccc(P(=O)(c2ccccc2)c2ccccc2)c1-c1c(P(=O)(c2ccccc2)c2ccccc2)ccc(Cl)c1O. The van der Waals surface area contributed by atoms with Crippen LogP contribution in [0.4, 0.5) is 0 Å². The number of benzene rings is 6. The van der Waals surface area contributed by atoms with Crippen LogP contribution >= 0.6 is 37.5 Å². The average molecular weight is 742 g/mol. The topological polar surface area (TPSA) is 89.9 Å². The van der Waals surface area contributed by atoms with E-state index >= 15 is 9.13 Å². The molecule has 252 valence electrons. The second-order valence-corrected chi connectivity index (χ2v) is 17.7. The highest BCUT2D eigenvalue weighted by molar-refractivity contribution is 7.86. The van der Waals surface area contributed by atoms with Crippen LogP contribution < -0.4 is 36.6 Å². The average Bonchev–Trinajstić information content (AvgIpc) is 3.17. The standard InChI is InChI=1S/C40H32Cl2O6P2/c1-27(40(44)47-2)48-39-33(42)24-26-35(50(46,30-19-11-5-12-20-30)31-21-13-6-14-22-31)37(39)36-34(25-23-32(41)38(36)43)49(45,28-15-7-3-8-16-28)29-17-9-4-10-18-29/h3-27,43H,1-2H3/t27-/m0/s1. The van der Waals surface area contributed by atoms with Crippen molar-refractivity contribution in [1.82, 2.24) is 0 Å². The van der Waals surface area contributed by atoms with Crippen LogP contribution in [0.2, 0.25) is 10.0 Å². The highest BCUT2D eigenvalue weighted by Crippen LogP contribution is 2.54. The summed E-state index contributed by atoms with van der Waals surface area (Å²) in [7, 11) is -6.45. The second kappa shape index (κ2) is 14.7. The van der Waals surface area contributed by atoms with Crippen molar-refractivity contribution in [3.05, 3.63) is 156 Å². The number of methoxy groups -OCH3 is 1. The molecule has 0 aliphatic heterocycles. The second-order valence-electron chi connectivity index (χ2n) is 11.4. The number of phenols is 1. The van der Waals surface area contributed by atoms with E-state index in [1.54, 1.807) is 109 Å². The van der Waals surface area contributed by atoms with Crippen molar-refractivity contribution in [2.75, 3.05) is 7.11 Å². The normalized spacial score (nSPS) is 12.2. The molecule has 0 amide bonds. The molecule has 6 aromatic carbocycles. The summed E-state index contributed by atoms with van der Waals surface area (Å²) in [5, 5.41) is 14.4. The van der Waals surface area contributed by atoms with Gasteiger partial charge in [-0.15, -0.1) is 0 Å². The molecule has 50 heavy (non-hydrogen) atoms. The predicted molar refractivity (Wildman–Crippen MR) is 204 cm³/mol. The molecule has 1 N–H and O–H groups in total. The molecular weight excluding hydrogens is 709 g/mol. The largest absolute Gasteiger partial charge is 0.506 e. The van der Waals surface area contributed by atoms with E-state index < -0.39 is 32.1 Å². The van der Waals surface area contributed by atoms with Crippen molar-refractivity contribution in [2.45, 2.75) is 13.0 Å². The number of carbonyl (C=O) groups excluding carboxylic acids is 1. The zero-order valence-corrected chi connectivity index (χ0v) is 30.4. The lowest BCUT2D eigenvalue weighted by Crippen LogP contribution is -2.31. The number of phenolic OH excluding ortho intramolecular Hbond substituents is 1. The zero-order chi connectivity index (χ0) is 35.5. The van der Waals surface area contributed by atoms with Crippen LogP contribution in [0.25, 0.3) is 11.1 Å². The highest BCUT2D eigenvalue weighted by Gasteiger charge is 2.40. The maximum Gasteiger partial charge on any atom is 0.346 e. The molecule has 0 aliphatic carbocycles. The Bertz CT molecular complexity index is 2160. The van der Waals surface area contributed by atoms with Crippen molar-refractivity contribution < 1.29 is 28.5 Å². The van der Waals surface area contributed by atoms with Crippen molar-refractivity contribution in [3.63, 3.8) is 0 Å². The van der Waals surface area contributed by atoms with Crippen LogP contribution in [0.3, 0.4) is 0 Å². The molecule has 0 saturated heterocycles. The summed E-state index contributed by atoms with van der Waals surface area (Å²) in [6.07, 6.45) is -1.18. The van der Waals surface area contributed by atoms with E-state index in [0.717, 1.165) is 0 Å². The molecular formula is C40H32Cl2O6P2. The van der Waals surface area contributed by atoms with Gasteiger partial charge in [0.15, 0.2) is 20.4 Å². The van der Waals surface area contributed by atoms with Crippen LogP contribution in [0.1, 0.15) is 6.92 Å². The minimum atomic E-state index is -3.85. The Morgan fingerprint density at radius 3 is 1.32 bits per heavy atom. The van der Waals surface area contributed by atoms with Gasteiger partial charge >= 0.3 is 5.97 Å². The first-order valence-corrected chi connectivity index (χ1v) is 19.8. The van der Waals surface area contributed by atoms with E-state index in [4.69, 9.17) is 32.7 Å². The van der Waals surface area contributed by atoms with Gasteiger partial charge < -0.3 is 23.7 Å². The number of ether oxygens (including phenoxy) is 2. The molecule has 0 fully saturated rings. The van der Waals surface area contributed by atoms with E-state index in [2.05, 4.69) is 0 Å². The molecule has 1 atom stereocenters. The van der Waals surface area contributed by atoms with E-state index in [0.29, 0.717) is 21.2 Å². The first-order chi connectivity index (χ1) is 24.1. The molecule has 0 radical (unpaired) electrons. The molecule has 6 aromatic rings. The van der Waals surface area contributed by atoms with E-state index in [1.165, 1.54) is 26.2 Å². The quantitative estimate of drug-likeness (QED) is 0.115. The Balaban J connectivity index is 1.82. The number of aromatic hydroxyl groups is 1. The Kier molecular flexibility index (Phi) is 10.4. The van der Waals surface area contributed by atoms with Gasteiger partial charge in [-0.05, 0) is 31.2 Å². The van der Waals surface area contributed by atoms with Crippen LogP contribution in [-0.4, -0.2) is 24.3 Å². The van der Waals surface area contributed by atoms with Gasteiger partial charge in [0.1, 0.15) is 11.5 Å². The molecule has 6 rings (SSSR count). The maximum absolute atomic E-state index is 16.1. The molecule has 0 aromatic heterocycles. The number of hydrogen-bond acceptors (Lipinski definition) is 6. The lowest BCUT2D eigenvalue weighted by Gasteiger charge is -2.29. The van der Waals surface area contributed by atoms with E-state index in [9.17, 15) is 9.90 Å². The third-order valence-corrected chi connectivity index (χ3v) is 15.2. The fourth-order valence-corrected chi connectivity index (χ4v) is 12.1. The maximum atomic E-state index is 16.1. The first-order valence-electron chi connectivity index (χ1n) is 15.6. The third-order valence-electron chi connectivity index (χ3n) is 8.43. The van der Waals surface area contributed by atoms with Crippen LogP contribution in [0.15, 0.2) is 146 Å². The van der Waals surface area contributed by atoms with Gasteiger partial charge in [0.25, 0.3) is 0 Å². The predicted octanol–water partition coefficient (Wildman–Crippen LogP) is 7.59. The molecule has 0 aliphatic rings. The fraction of sp³-hybridized carbons (Fsp3) is 0.0750. The summed E-state index contributed by atoms with van der Waals surface area (Å²) >= 11 is 13.6. The minimum Gasteiger partial charge on any atom is -0.506 e. The number of halogens is 2. The summed E-state index contributed by atoms with van der Waals surface area (Å²) in [5.41, 5.74) is 0.0802. The Labute approximate surface area is 301 Å². The van der Waals surface area contributed by atoms with Crippen molar-refractivity contribution in [2.24, 2.45) is 0 Å². The number of carbonyl (C=O) groups is 1. The van der Waals surface area contributed by atoms with Gasteiger partial charge in [-0.3, -0.25) is 0 Å². The first kappa shape index (κ1) is 35.3. The van der Waals surface area contributed by atoms with Crippen molar-refractivity contribution in [3.8, 4) is 22.6 Å². The Morgan fingerprint density at radius 1 is 0.580 bits per heavy atom.